The van der Waals surface area contributed by atoms with Gasteiger partial charge in [-0.15, -0.1) is 0 Å². The Labute approximate surface area is 90.2 Å². The van der Waals surface area contributed by atoms with E-state index in [1.54, 1.807) is 4.90 Å². The molecular formula is C11H19NO3. The van der Waals surface area contributed by atoms with Crippen molar-refractivity contribution in [3.63, 3.8) is 0 Å². The van der Waals surface area contributed by atoms with Crippen LogP contribution in [0.25, 0.3) is 0 Å². The fraction of sp³-hybridized carbons (Fsp3) is 0.909. The molecule has 0 aromatic rings. The van der Waals surface area contributed by atoms with E-state index in [2.05, 4.69) is 0 Å². The van der Waals surface area contributed by atoms with Crippen LogP contribution < -0.4 is 0 Å². The molecule has 4 heteroatoms. The van der Waals surface area contributed by atoms with E-state index < -0.39 is 5.60 Å². The Balaban J connectivity index is 1.94. The number of hydrogen-bond donors (Lipinski definition) is 1. The Morgan fingerprint density at radius 2 is 1.80 bits per heavy atom. The van der Waals surface area contributed by atoms with Gasteiger partial charge in [-0.1, -0.05) is 0 Å². The van der Waals surface area contributed by atoms with Crippen molar-refractivity contribution in [3.8, 4) is 0 Å². The second kappa shape index (κ2) is 3.37. The first-order chi connectivity index (χ1) is 6.87. The normalized spacial score (nSPS) is 34.7. The first-order valence-electron chi connectivity index (χ1n) is 5.56. The van der Waals surface area contributed by atoms with E-state index in [0.29, 0.717) is 12.8 Å². The van der Waals surface area contributed by atoms with Crippen molar-refractivity contribution in [2.24, 2.45) is 0 Å². The monoisotopic (exact) mass is 213 g/mol. The summed E-state index contributed by atoms with van der Waals surface area (Å²) in [6.07, 6.45) is 1.98. The van der Waals surface area contributed by atoms with Crippen molar-refractivity contribution >= 4 is 6.09 Å². The molecule has 4 nitrogen and oxygen atoms in total. The summed E-state index contributed by atoms with van der Waals surface area (Å²) in [6.45, 7) is 5.61. The highest BCUT2D eigenvalue weighted by atomic mass is 16.6. The van der Waals surface area contributed by atoms with Gasteiger partial charge < -0.3 is 14.7 Å². The van der Waals surface area contributed by atoms with Crippen LogP contribution in [-0.2, 0) is 4.74 Å². The first kappa shape index (κ1) is 10.7. The lowest BCUT2D eigenvalue weighted by atomic mass is 9.78. The molecule has 2 saturated heterocycles. The van der Waals surface area contributed by atoms with Crippen molar-refractivity contribution in [2.75, 3.05) is 0 Å². The molecule has 0 unspecified atom stereocenters. The van der Waals surface area contributed by atoms with E-state index in [1.165, 1.54) is 0 Å². The summed E-state index contributed by atoms with van der Waals surface area (Å²) in [7, 11) is 0. The molecule has 1 saturated carbocycles. The van der Waals surface area contributed by atoms with Crippen LogP contribution in [-0.4, -0.2) is 39.9 Å². The van der Waals surface area contributed by atoms with Gasteiger partial charge >= 0.3 is 6.09 Å². The SMILES string of the molecule is CC(C)(C)OC(=O)N1[C@@H]2C[C@H](O)C[C@H]1C2. The summed E-state index contributed by atoms with van der Waals surface area (Å²) in [4.78, 5) is 13.6. The lowest BCUT2D eigenvalue weighted by Crippen LogP contribution is -2.64. The zero-order valence-corrected chi connectivity index (χ0v) is 9.56. The third-order valence-electron chi connectivity index (χ3n) is 3.02. The van der Waals surface area contributed by atoms with Crippen molar-refractivity contribution in [1.29, 1.82) is 0 Å². The van der Waals surface area contributed by atoms with Gasteiger partial charge in [0.25, 0.3) is 0 Å². The van der Waals surface area contributed by atoms with Crippen LogP contribution in [0.3, 0.4) is 0 Å². The number of carbonyl (C=O) groups is 1. The molecular weight excluding hydrogens is 194 g/mol. The zero-order chi connectivity index (χ0) is 11.2. The molecule has 2 bridgehead atoms. The highest BCUT2D eigenvalue weighted by Gasteiger charge is 2.48. The van der Waals surface area contributed by atoms with E-state index in [1.807, 2.05) is 20.8 Å². The number of aliphatic hydroxyl groups is 1. The molecule has 0 aromatic carbocycles. The van der Waals surface area contributed by atoms with E-state index in [4.69, 9.17) is 4.74 Å². The molecule has 0 spiro atoms. The van der Waals surface area contributed by atoms with Crippen LogP contribution in [0.2, 0.25) is 0 Å². The van der Waals surface area contributed by atoms with Gasteiger partial charge in [0, 0.05) is 12.1 Å². The molecule has 0 radical (unpaired) electrons. The van der Waals surface area contributed by atoms with Gasteiger partial charge in [-0.3, -0.25) is 0 Å². The zero-order valence-electron chi connectivity index (χ0n) is 9.56. The van der Waals surface area contributed by atoms with E-state index >= 15 is 0 Å². The van der Waals surface area contributed by atoms with Gasteiger partial charge in [-0.2, -0.15) is 0 Å². The van der Waals surface area contributed by atoms with Crippen LogP contribution in [0.15, 0.2) is 0 Å². The molecule has 2 aliphatic heterocycles. The van der Waals surface area contributed by atoms with Crippen molar-refractivity contribution in [3.05, 3.63) is 0 Å². The molecule has 3 aliphatic rings. The maximum absolute atomic E-state index is 11.8. The van der Waals surface area contributed by atoms with Crippen LogP contribution >= 0.6 is 0 Å². The van der Waals surface area contributed by atoms with Crippen LogP contribution in [0.1, 0.15) is 40.0 Å². The van der Waals surface area contributed by atoms with Gasteiger partial charge in [-0.05, 0) is 40.0 Å². The molecule has 1 aliphatic carbocycles. The van der Waals surface area contributed by atoms with Crippen LogP contribution in [0.5, 0.6) is 0 Å². The number of hydrogen-bond acceptors (Lipinski definition) is 3. The van der Waals surface area contributed by atoms with E-state index in [0.717, 1.165) is 6.42 Å². The molecule has 0 aromatic heterocycles. The average molecular weight is 213 g/mol. The maximum Gasteiger partial charge on any atom is 0.410 e. The second-order valence-corrected chi connectivity index (χ2v) is 5.56. The maximum atomic E-state index is 11.8. The van der Waals surface area contributed by atoms with Crippen molar-refractivity contribution in [2.45, 2.75) is 63.8 Å². The lowest BCUT2D eigenvalue weighted by Gasteiger charge is -2.53. The highest BCUT2D eigenvalue weighted by molar-refractivity contribution is 5.70. The minimum Gasteiger partial charge on any atom is -0.444 e. The van der Waals surface area contributed by atoms with Crippen molar-refractivity contribution < 1.29 is 14.6 Å². The summed E-state index contributed by atoms with van der Waals surface area (Å²) >= 11 is 0. The number of rotatable bonds is 0. The average Bonchev–Trinajstić information content (AvgIpc) is 1.98. The smallest absolute Gasteiger partial charge is 0.410 e. The fourth-order valence-corrected chi connectivity index (χ4v) is 2.46. The number of piperidine rings is 1. The van der Waals surface area contributed by atoms with E-state index in [9.17, 15) is 9.90 Å². The van der Waals surface area contributed by atoms with Gasteiger partial charge in [-0.25, -0.2) is 4.79 Å². The molecule has 3 fully saturated rings. The summed E-state index contributed by atoms with van der Waals surface area (Å²) < 4.78 is 5.32. The lowest BCUT2D eigenvalue weighted by molar-refractivity contribution is -0.0845. The fourth-order valence-electron chi connectivity index (χ4n) is 2.46. The Morgan fingerprint density at radius 1 is 1.27 bits per heavy atom. The minimum atomic E-state index is -0.431. The summed E-state index contributed by atoms with van der Waals surface area (Å²) in [6, 6.07) is 0.405. The summed E-state index contributed by atoms with van der Waals surface area (Å²) in [5, 5.41) is 9.46. The van der Waals surface area contributed by atoms with Gasteiger partial charge in [0.05, 0.1) is 6.10 Å². The Morgan fingerprint density at radius 3 is 2.27 bits per heavy atom. The van der Waals surface area contributed by atoms with Gasteiger partial charge in [0.15, 0.2) is 0 Å². The number of nitrogens with zero attached hydrogens (tertiary/aromatic N) is 1. The Bertz CT molecular complexity index is 259. The van der Waals surface area contributed by atoms with Gasteiger partial charge in [0.2, 0.25) is 0 Å². The third kappa shape index (κ3) is 2.09. The third-order valence-corrected chi connectivity index (χ3v) is 3.02. The molecule has 86 valence electrons. The summed E-state index contributed by atoms with van der Waals surface area (Å²) in [5.74, 6) is 0. The molecule has 2 heterocycles. The first-order valence-corrected chi connectivity index (χ1v) is 5.56. The van der Waals surface area contributed by atoms with Gasteiger partial charge in [0.1, 0.15) is 5.60 Å². The topological polar surface area (TPSA) is 49.8 Å². The molecule has 1 amide bonds. The number of amides is 1. The number of fused-ring (bicyclic) bond motifs is 2. The standard InChI is InChI=1S/C11H19NO3/c1-11(2,3)15-10(14)12-7-4-8(12)6-9(13)5-7/h7-9,13H,4-6H2,1-3H3/t7-,8+,9-. The molecule has 15 heavy (non-hydrogen) atoms. The largest absolute Gasteiger partial charge is 0.444 e. The van der Waals surface area contributed by atoms with Crippen molar-refractivity contribution in [1.82, 2.24) is 4.90 Å². The Hall–Kier alpha value is -0.770. The summed E-state index contributed by atoms with van der Waals surface area (Å²) in [5.41, 5.74) is -0.431. The predicted octanol–water partition coefficient (Wildman–Crippen LogP) is 1.52. The molecule has 3 rings (SSSR count). The molecule has 1 N–H and O–H groups in total. The Kier molecular flexibility index (Phi) is 2.41. The van der Waals surface area contributed by atoms with Crippen LogP contribution in [0, 0.1) is 0 Å². The molecule has 3 atom stereocenters. The highest BCUT2D eigenvalue weighted by Crippen LogP contribution is 2.39. The quantitative estimate of drug-likeness (QED) is 0.663. The number of ether oxygens (including phenoxy) is 1. The predicted molar refractivity (Wildman–Crippen MR) is 55.5 cm³/mol. The van der Waals surface area contributed by atoms with E-state index in [-0.39, 0.29) is 24.3 Å². The number of carbonyl (C=O) groups excluding carboxylic acids is 1. The number of aliphatic hydroxyl groups excluding tert-OH is 1. The second-order valence-electron chi connectivity index (χ2n) is 5.56. The minimum absolute atomic E-state index is 0.202. The van der Waals surface area contributed by atoms with Crippen LogP contribution in [0.4, 0.5) is 4.79 Å².